The molecule has 5 heteroatoms. The van der Waals surface area contributed by atoms with Gasteiger partial charge in [0, 0.05) is 18.4 Å². The highest BCUT2D eigenvalue weighted by Crippen LogP contribution is 2.24. The molecule has 0 radical (unpaired) electrons. The van der Waals surface area contributed by atoms with Gasteiger partial charge < -0.3 is 9.72 Å². The minimum Gasteiger partial charge on any atom is -0.369 e. The van der Waals surface area contributed by atoms with Crippen molar-refractivity contribution in [1.29, 1.82) is 0 Å². The third kappa shape index (κ3) is 1.99. The zero-order valence-electron chi connectivity index (χ0n) is 7.95. The van der Waals surface area contributed by atoms with Crippen molar-refractivity contribution in [2.75, 3.05) is 18.1 Å². The van der Waals surface area contributed by atoms with Gasteiger partial charge in [-0.1, -0.05) is 0 Å². The molecule has 0 bridgehead atoms. The molecule has 1 N–H and O–H groups in total. The Hall–Kier alpha value is -0.810. The van der Waals surface area contributed by atoms with E-state index >= 15 is 0 Å². The van der Waals surface area contributed by atoms with Gasteiger partial charge in [-0.15, -0.1) is 0 Å². The molecule has 4 nitrogen and oxygen atoms in total. The second kappa shape index (κ2) is 4.14. The van der Waals surface area contributed by atoms with Crippen molar-refractivity contribution in [1.82, 2.24) is 9.97 Å². The number of rotatable bonds is 2. The molecule has 0 aromatic carbocycles. The van der Waals surface area contributed by atoms with Gasteiger partial charge in [0.1, 0.15) is 17.6 Å². The van der Waals surface area contributed by atoms with E-state index in [9.17, 15) is 4.79 Å². The van der Waals surface area contributed by atoms with Crippen LogP contribution >= 0.6 is 11.8 Å². The number of carbonyl (C=O) groups is 1. The Morgan fingerprint density at radius 2 is 2.64 bits per heavy atom. The molecule has 1 aliphatic rings. The SMILES string of the molecule is CC(=O)c1cnc(C2CSCCO2)[nH]1. The van der Waals surface area contributed by atoms with E-state index in [0.717, 1.165) is 23.9 Å². The first-order valence-electron chi connectivity index (χ1n) is 4.52. The normalized spacial score (nSPS) is 22.2. The summed E-state index contributed by atoms with van der Waals surface area (Å²) in [7, 11) is 0. The van der Waals surface area contributed by atoms with Gasteiger partial charge in [0.15, 0.2) is 5.78 Å². The van der Waals surface area contributed by atoms with E-state index in [1.54, 1.807) is 6.20 Å². The number of hydrogen-bond donors (Lipinski definition) is 1. The highest BCUT2D eigenvalue weighted by molar-refractivity contribution is 7.99. The highest BCUT2D eigenvalue weighted by Gasteiger charge is 2.19. The van der Waals surface area contributed by atoms with Gasteiger partial charge in [-0.3, -0.25) is 4.79 Å². The molecule has 1 aliphatic heterocycles. The first-order chi connectivity index (χ1) is 6.77. The van der Waals surface area contributed by atoms with Crippen LogP contribution in [0.3, 0.4) is 0 Å². The standard InChI is InChI=1S/C9H12N2O2S/c1-6(12)7-4-10-9(11-7)8-5-14-3-2-13-8/h4,8H,2-3,5H2,1H3,(H,10,11). The number of imidazole rings is 1. The lowest BCUT2D eigenvalue weighted by Crippen LogP contribution is -2.16. The average Bonchev–Trinajstić information content (AvgIpc) is 2.68. The fourth-order valence-corrected chi connectivity index (χ4v) is 2.17. The van der Waals surface area contributed by atoms with Gasteiger partial charge in [0.05, 0.1) is 12.8 Å². The Morgan fingerprint density at radius 3 is 3.21 bits per heavy atom. The molecule has 14 heavy (non-hydrogen) atoms. The Morgan fingerprint density at radius 1 is 1.79 bits per heavy atom. The predicted molar refractivity (Wildman–Crippen MR) is 54.6 cm³/mol. The summed E-state index contributed by atoms with van der Waals surface area (Å²) < 4.78 is 5.53. The Labute approximate surface area is 86.4 Å². The second-order valence-corrected chi connectivity index (χ2v) is 4.32. The molecule has 0 spiro atoms. The molecule has 2 rings (SSSR count). The zero-order valence-corrected chi connectivity index (χ0v) is 8.76. The van der Waals surface area contributed by atoms with Crippen molar-refractivity contribution in [3.63, 3.8) is 0 Å². The molecule has 1 aromatic rings. The van der Waals surface area contributed by atoms with Crippen LogP contribution in [0.1, 0.15) is 29.3 Å². The molecule has 0 saturated carbocycles. The molecule has 0 aliphatic carbocycles. The lowest BCUT2D eigenvalue weighted by atomic mass is 10.3. The summed E-state index contributed by atoms with van der Waals surface area (Å²) in [5.74, 6) is 2.72. The number of nitrogens with zero attached hydrogens (tertiary/aromatic N) is 1. The second-order valence-electron chi connectivity index (χ2n) is 3.17. The number of hydrogen-bond acceptors (Lipinski definition) is 4. The van der Waals surface area contributed by atoms with Crippen LogP contribution in [-0.2, 0) is 4.74 Å². The smallest absolute Gasteiger partial charge is 0.177 e. The maximum atomic E-state index is 11.0. The van der Waals surface area contributed by atoms with Crippen LogP contribution in [0.2, 0.25) is 0 Å². The van der Waals surface area contributed by atoms with Crippen molar-refractivity contribution in [3.05, 3.63) is 17.7 Å². The number of carbonyl (C=O) groups excluding carboxylic acids is 1. The predicted octanol–water partition coefficient (Wildman–Crippen LogP) is 1.42. The summed E-state index contributed by atoms with van der Waals surface area (Å²) in [6.07, 6.45) is 1.59. The highest BCUT2D eigenvalue weighted by atomic mass is 32.2. The molecule has 1 aromatic heterocycles. The van der Waals surface area contributed by atoms with Crippen LogP contribution < -0.4 is 0 Å². The maximum Gasteiger partial charge on any atom is 0.177 e. The van der Waals surface area contributed by atoms with E-state index in [-0.39, 0.29) is 11.9 Å². The fourth-order valence-electron chi connectivity index (χ4n) is 1.32. The van der Waals surface area contributed by atoms with E-state index in [1.807, 2.05) is 11.8 Å². The molecular formula is C9H12N2O2S. The number of nitrogens with one attached hydrogen (secondary N) is 1. The number of ketones is 1. The summed E-state index contributed by atoms with van der Waals surface area (Å²) in [6, 6.07) is 0. The first kappa shape index (κ1) is 9.73. The van der Waals surface area contributed by atoms with E-state index in [0.29, 0.717) is 5.69 Å². The van der Waals surface area contributed by atoms with Crippen LogP contribution in [-0.4, -0.2) is 33.9 Å². The van der Waals surface area contributed by atoms with Gasteiger partial charge in [-0.25, -0.2) is 4.98 Å². The lowest BCUT2D eigenvalue weighted by Gasteiger charge is -2.19. The molecule has 1 unspecified atom stereocenters. The van der Waals surface area contributed by atoms with Gasteiger partial charge in [-0.2, -0.15) is 11.8 Å². The molecular weight excluding hydrogens is 200 g/mol. The van der Waals surface area contributed by atoms with Crippen LogP contribution in [0, 0.1) is 0 Å². The minimum absolute atomic E-state index is 0.00668. The summed E-state index contributed by atoms with van der Waals surface area (Å²) in [4.78, 5) is 18.2. The number of thioether (sulfide) groups is 1. The van der Waals surface area contributed by atoms with Crippen LogP contribution in [0.15, 0.2) is 6.20 Å². The molecule has 2 heterocycles. The monoisotopic (exact) mass is 212 g/mol. The topological polar surface area (TPSA) is 55.0 Å². The summed E-state index contributed by atoms with van der Waals surface area (Å²) in [5, 5.41) is 0. The number of H-pyrrole nitrogens is 1. The van der Waals surface area contributed by atoms with Gasteiger partial charge >= 0.3 is 0 Å². The minimum atomic E-state index is 0.00668. The largest absolute Gasteiger partial charge is 0.369 e. The molecule has 0 amide bonds. The first-order valence-corrected chi connectivity index (χ1v) is 5.68. The van der Waals surface area contributed by atoms with Crippen molar-refractivity contribution in [2.45, 2.75) is 13.0 Å². The van der Waals surface area contributed by atoms with Crippen molar-refractivity contribution in [2.24, 2.45) is 0 Å². The van der Waals surface area contributed by atoms with Gasteiger partial charge in [0.25, 0.3) is 0 Å². The summed E-state index contributed by atoms with van der Waals surface area (Å²) >= 11 is 1.85. The molecule has 1 fully saturated rings. The third-order valence-electron chi connectivity index (χ3n) is 2.10. The van der Waals surface area contributed by atoms with Crippen molar-refractivity contribution >= 4 is 17.5 Å². The number of ether oxygens (including phenoxy) is 1. The molecule has 1 saturated heterocycles. The van der Waals surface area contributed by atoms with Crippen LogP contribution in [0.5, 0.6) is 0 Å². The van der Waals surface area contributed by atoms with E-state index in [2.05, 4.69) is 9.97 Å². The molecule has 76 valence electrons. The Balaban J connectivity index is 2.11. The fraction of sp³-hybridized carbons (Fsp3) is 0.556. The third-order valence-corrected chi connectivity index (χ3v) is 3.09. The van der Waals surface area contributed by atoms with Crippen LogP contribution in [0.4, 0.5) is 0 Å². The average molecular weight is 212 g/mol. The number of aromatic nitrogens is 2. The summed E-state index contributed by atoms with van der Waals surface area (Å²) in [6.45, 7) is 2.28. The summed E-state index contributed by atoms with van der Waals surface area (Å²) in [5.41, 5.74) is 0.555. The quantitative estimate of drug-likeness (QED) is 0.753. The number of aromatic amines is 1. The lowest BCUT2D eigenvalue weighted by molar-refractivity contribution is 0.0699. The van der Waals surface area contributed by atoms with E-state index < -0.39 is 0 Å². The van der Waals surface area contributed by atoms with Crippen molar-refractivity contribution in [3.8, 4) is 0 Å². The Bertz CT molecular complexity index is 331. The van der Waals surface area contributed by atoms with E-state index in [4.69, 9.17) is 4.74 Å². The Kier molecular flexibility index (Phi) is 2.88. The number of Topliss-reactive ketones (excluding diaryl/α,β-unsaturated/α-hetero) is 1. The maximum absolute atomic E-state index is 11.0. The van der Waals surface area contributed by atoms with Gasteiger partial charge in [0.2, 0.25) is 0 Å². The van der Waals surface area contributed by atoms with Crippen LogP contribution in [0.25, 0.3) is 0 Å². The van der Waals surface area contributed by atoms with Crippen molar-refractivity contribution < 1.29 is 9.53 Å². The zero-order chi connectivity index (χ0) is 9.97. The van der Waals surface area contributed by atoms with Gasteiger partial charge in [-0.05, 0) is 0 Å². The molecule has 1 atom stereocenters. The van der Waals surface area contributed by atoms with E-state index in [1.165, 1.54) is 6.92 Å².